The summed E-state index contributed by atoms with van der Waals surface area (Å²) in [4.78, 5) is 1.02. The molecule has 1 aromatic carbocycles. The normalized spacial score (nSPS) is 12.0. The van der Waals surface area contributed by atoms with Crippen LogP contribution in [0.3, 0.4) is 0 Å². The Kier molecular flexibility index (Phi) is 5.29. The number of halogens is 2. The van der Waals surface area contributed by atoms with E-state index in [1.807, 2.05) is 6.07 Å². The van der Waals surface area contributed by atoms with Crippen molar-refractivity contribution in [3.8, 4) is 0 Å². The average Bonchev–Trinajstić information content (AvgIpc) is 2.83. The van der Waals surface area contributed by atoms with E-state index in [1.165, 1.54) is 34.8 Å². The number of benzene rings is 1. The number of hydrogen-bond donors (Lipinski definition) is 1. The third-order valence-electron chi connectivity index (χ3n) is 2.96. The fourth-order valence-electron chi connectivity index (χ4n) is 1.78. The molecule has 0 bridgehead atoms. The van der Waals surface area contributed by atoms with Crippen LogP contribution in [0.15, 0.2) is 35.2 Å². The zero-order valence-electron chi connectivity index (χ0n) is 11.2. The van der Waals surface area contributed by atoms with Gasteiger partial charge in [0.15, 0.2) is 0 Å². The number of sulfonamides is 1. The second-order valence-corrected chi connectivity index (χ2v) is 8.68. The van der Waals surface area contributed by atoms with Gasteiger partial charge in [0.2, 0.25) is 10.0 Å². The van der Waals surface area contributed by atoms with Crippen LogP contribution in [0, 0.1) is 0 Å². The van der Waals surface area contributed by atoms with Crippen LogP contribution >= 0.6 is 34.5 Å². The fourth-order valence-corrected chi connectivity index (χ4v) is 4.50. The van der Waals surface area contributed by atoms with Gasteiger partial charge in [-0.15, -0.1) is 11.3 Å². The molecule has 2 N–H and O–H groups in total. The summed E-state index contributed by atoms with van der Waals surface area (Å²) in [5.74, 6) is 0. The molecule has 0 fully saturated rings. The van der Waals surface area contributed by atoms with Crippen molar-refractivity contribution in [1.82, 2.24) is 4.31 Å². The predicted molar refractivity (Wildman–Crippen MR) is 87.3 cm³/mol. The zero-order chi connectivity index (χ0) is 15.6. The van der Waals surface area contributed by atoms with E-state index < -0.39 is 10.0 Å². The van der Waals surface area contributed by atoms with E-state index in [0.717, 1.165) is 4.88 Å². The van der Waals surface area contributed by atoms with E-state index in [9.17, 15) is 8.42 Å². The van der Waals surface area contributed by atoms with E-state index in [2.05, 4.69) is 0 Å². The van der Waals surface area contributed by atoms with Gasteiger partial charge < -0.3 is 5.73 Å². The lowest BCUT2D eigenvalue weighted by Gasteiger charge is -2.17. The Morgan fingerprint density at radius 2 is 1.95 bits per heavy atom. The van der Waals surface area contributed by atoms with Gasteiger partial charge >= 0.3 is 0 Å². The van der Waals surface area contributed by atoms with E-state index >= 15 is 0 Å². The summed E-state index contributed by atoms with van der Waals surface area (Å²) in [5.41, 5.74) is 6.23. The Morgan fingerprint density at radius 1 is 1.24 bits per heavy atom. The van der Waals surface area contributed by atoms with E-state index in [4.69, 9.17) is 28.9 Å². The third-order valence-corrected chi connectivity index (χ3v) is 6.33. The van der Waals surface area contributed by atoms with Crippen molar-refractivity contribution in [1.29, 1.82) is 0 Å². The van der Waals surface area contributed by atoms with Crippen molar-refractivity contribution in [2.75, 3.05) is 7.05 Å². The van der Waals surface area contributed by atoms with Crippen molar-refractivity contribution in [2.24, 2.45) is 5.73 Å². The first kappa shape index (κ1) is 16.7. The van der Waals surface area contributed by atoms with Gasteiger partial charge in [-0.25, -0.2) is 8.42 Å². The average molecular weight is 365 g/mol. The second kappa shape index (κ2) is 6.64. The minimum atomic E-state index is -3.60. The van der Waals surface area contributed by atoms with Gasteiger partial charge in [0.1, 0.15) is 0 Å². The van der Waals surface area contributed by atoms with Gasteiger partial charge in [-0.3, -0.25) is 0 Å². The molecule has 0 aliphatic heterocycles. The Labute approximate surface area is 138 Å². The number of rotatable bonds is 5. The molecular weight excluding hydrogens is 351 g/mol. The number of thiophene rings is 1. The Bertz CT molecular complexity index is 744. The first-order chi connectivity index (χ1) is 9.84. The minimum absolute atomic E-state index is 0.148. The molecule has 8 heteroatoms. The van der Waals surface area contributed by atoms with Gasteiger partial charge in [-0.2, -0.15) is 4.31 Å². The van der Waals surface area contributed by atoms with Crippen molar-refractivity contribution >= 4 is 44.6 Å². The smallest absolute Gasteiger partial charge is 0.243 e. The van der Waals surface area contributed by atoms with Crippen molar-refractivity contribution in [3.05, 3.63) is 50.1 Å². The van der Waals surface area contributed by atoms with E-state index in [-0.39, 0.29) is 18.0 Å². The highest BCUT2D eigenvalue weighted by atomic mass is 35.5. The molecule has 4 nitrogen and oxygen atoms in total. The highest BCUT2D eigenvalue weighted by Gasteiger charge is 2.22. The number of hydrogen-bond acceptors (Lipinski definition) is 4. The Balaban J connectivity index is 2.26. The number of nitrogens with two attached hydrogens (primary N) is 1. The molecule has 1 heterocycles. The molecule has 0 aliphatic carbocycles. The van der Waals surface area contributed by atoms with Gasteiger partial charge in [-0.1, -0.05) is 29.3 Å². The van der Waals surface area contributed by atoms with Crippen LogP contribution < -0.4 is 5.73 Å². The monoisotopic (exact) mass is 364 g/mol. The molecular formula is C13H14Cl2N2O2S2. The molecule has 21 heavy (non-hydrogen) atoms. The molecule has 0 spiro atoms. The van der Waals surface area contributed by atoms with Gasteiger partial charge in [0, 0.05) is 30.0 Å². The van der Waals surface area contributed by atoms with E-state index in [0.29, 0.717) is 14.9 Å². The SMILES string of the molecule is CN(Cc1ccc(Cl)s1)S(=O)(=O)c1ccc(CN)c(Cl)c1. The van der Waals surface area contributed by atoms with Crippen molar-refractivity contribution in [3.63, 3.8) is 0 Å². The van der Waals surface area contributed by atoms with Gasteiger partial charge in [0.25, 0.3) is 0 Å². The van der Waals surface area contributed by atoms with Crippen molar-refractivity contribution in [2.45, 2.75) is 18.0 Å². The summed E-state index contributed by atoms with van der Waals surface area (Å²) >= 11 is 13.2. The highest BCUT2D eigenvalue weighted by molar-refractivity contribution is 7.89. The molecule has 0 atom stereocenters. The Hall–Kier alpha value is -0.630. The molecule has 0 aliphatic rings. The predicted octanol–water partition coefficient (Wildman–Crippen LogP) is 3.33. The van der Waals surface area contributed by atoms with Crippen LogP contribution in [0.25, 0.3) is 0 Å². The van der Waals surface area contributed by atoms with E-state index in [1.54, 1.807) is 12.1 Å². The molecule has 114 valence electrons. The molecule has 1 aromatic heterocycles. The van der Waals surface area contributed by atoms with Gasteiger partial charge in [-0.05, 0) is 29.8 Å². The molecule has 2 aromatic rings. The van der Waals surface area contributed by atoms with Crippen LogP contribution in [0.4, 0.5) is 0 Å². The lowest BCUT2D eigenvalue weighted by Crippen LogP contribution is -2.26. The largest absolute Gasteiger partial charge is 0.326 e. The van der Waals surface area contributed by atoms with Crippen LogP contribution in [-0.2, 0) is 23.1 Å². The minimum Gasteiger partial charge on any atom is -0.326 e. The summed E-state index contributed by atoms with van der Waals surface area (Å²) in [7, 11) is -2.08. The van der Waals surface area contributed by atoms with Crippen molar-refractivity contribution < 1.29 is 8.42 Å². The second-order valence-electron chi connectivity index (χ2n) is 4.42. The van der Waals surface area contributed by atoms with Crippen LogP contribution in [0.5, 0.6) is 0 Å². The molecule has 0 amide bonds. The maximum absolute atomic E-state index is 12.5. The molecule has 0 saturated heterocycles. The standard InChI is InChI=1S/C13H14Cl2N2O2S2/c1-17(8-10-3-5-13(15)20-10)21(18,19)11-4-2-9(7-16)12(14)6-11/h2-6H,7-8,16H2,1H3. The highest BCUT2D eigenvalue weighted by Crippen LogP contribution is 2.26. The van der Waals surface area contributed by atoms with Gasteiger partial charge in [0.05, 0.1) is 9.23 Å². The first-order valence-electron chi connectivity index (χ1n) is 6.03. The quantitative estimate of drug-likeness (QED) is 0.884. The summed E-state index contributed by atoms with van der Waals surface area (Å²) in [6, 6.07) is 8.13. The maximum atomic E-state index is 12.5. The molecule has 0 unspecified atom stereocenters. The summed E-state index contributed by atoms with van der Waals surface area (Å²) < 4.78 is 26.9. The maximum Gasteiger partial charge on any atom is 0.243 e. The molecule has 2 rings (SSSR count). The summed E-state index contributed by atoms with van der Waals surface area (Å²) in [6.45, 7) is 0.526. The lowest BCUT2D eigenvalue weighted by atomic mass is 10.2. The van der Waals surface area contributed by atoms with Crippen LogP contribution in [-0.4, -0.2) is 19.8 Å². The zero-order valence-corrected chi connectivity index (χ0v) is 14.4. The molecule has 0 saturated carbocycles. The lowest BCUT2D eigenvalue weighted by molar-refractivity contribution is 0.469. The molecule has 0 radical (unpaired) electrons. The Morgan fingerprint density at radius 3 is 2.48 bits per heavy atom. The number of nitrogens with zero attached hydrogens (tertiary/aromatic N) is 1. The summed E-state index contributed by atoms with van der Waals surface area (Å²) in [6.07, 6.45) is 0. The third kappa shape index (κ3) is 3.77. The van der Waals surface area contributed by atoms with Crippen LogP contribution in [0.1, 0.15) is 10.4 Å². The first-order valence-corrected chi connectivity index (χ1v) is 9.05. The summed E-state index contributed by atoms with van der Waals surface area (Å²) in [5, 5.41) is 0.353. The van der Waals surface area contributed by atoms with Crippen LogP contribution in [0.2, 0.25) is 9.36 Å². The fraction of sp³-hybridized carbons (Fsp3) is 0.231. The topological polar surface area (TPSA) is 63.4 Å².